The minimum Gasteiger partial charge on any atom is -0.379 e. The second kappa shape index (κ2) is 9.55. The molecule has 0 radical (unpaired) electrons. The average molecular weight is 576 g/mol. The number of aromatic nitrogens is 6. The van der Waals surface area contributed by atoms with Crippen LogP contribution in [0.5, 0.6) is 0 Å². The van der Waals surface area contributed by atoms with Gasteiger partial charge in [-0.05, 0) is 38.0 Å². The first-order valence-electron chi connectivity index (χ1n) is 13.4. The standard InChI is InChI=1S/C28H30F5N7O/c1-25(2,36-18-7-8-27(29,30)11-18)24-23-19(10-20(35-24)28(31,32)33)22(38-39-23)16-5-4-6-17(9-16)26(13-41-14-26)12-21-37-34-15-40(21)3/h4-6,9-10,15,18,36H,7-8,11-14H2,1-3H3,(H,38,39)/t18-/m1/s1. The van der Waals surface area contributed by atoms with Crippen molar-refractivity contribution in [1.29, 1.82) is 0 Å². The van der Waals surface area contributed by atoms with E-state index in [0.29, 0.717) is 36.4 Å². The third-order valence-electron chi connectivity index (χ3n) is 8.21. The normalized spacial score (nSPS) is 20.4. The Labute approximate surface area is 232 Å². The van der Waals surface area contributed by atoms with Crippen molar-refractivity contribution in [2.45, 2.75) is 68.6 Å². The van der Waals surface area contributed by atoms with E-state index in [1.165, 1.54) is 0 Å². The molecule has 2 fully saturated rings. The number of nitrogens with zero attached hydrogens (tertiary/aromatic N) is 5. The molecule has 0 spiro atoms. The summed E-state index contributed by atoms with van der Waals surface area (Å²) < 4.78 is 77.4. The topological polar surface area (TPSA) is 93.5 Å². The van der Waals surface area contributed by atoms with Crippen LogP contribution < -0.4 is 5.32 Å². The number of alkyl halides is 5. The van der Waals surface area contributed by atoms with Crippen LogP contribution in [0.4, 0.5) is 22.0 Å². The van der Waals surface area contributed by atoms with Crippen molar-refractivity contribution in [3.63, 3.8) is 0 Å². The first-order valence-corrected chi connectivity index (χ1v) is 13.4. The largest absolute Gasteiger partial charge is 0.433 e. The van der Waals surface area contributed by atoms with Gasteiger partial charge >= 0.3 is 6.18 Å². The van der Waals surface area contributed by atoms with Crippen molar-refractivity contribution in [1.82, 2.24) is 35.3 Å². The summed E-state index contributed by atoms with van der Waals surface area (Å²) in [7, 11) is 1.87. The van der Waals surface area contributed by atoms with Gasteiger partial charge < -0.3 is 14.6 Å². The van der Waals surface area contributed by atoms with Crippen molar-refractivity contribution in [2.75, 3.05) is 13.2 Å². The van der Waals surface area contributed by atoms with Crippen LogP contribution in [0.15, 0.2) is 36.7 Å². The highest BCUT2D eigenvalue weighted by Gasteiger charge is 2.44. The zero-order valence-electron chi connectivity index (χ0n) is 22.8. The number of aryl methyl sites for hydroxylation is 1. The van der Waals surface area contributed by atoms with Gasteiger partial charge in [0, 0.05) is 48.7 Å². The van der Waals surface area contributed by atoms with Gasteiger partial charge in [0.15, 0.2) is 0 Å². The fraction of sp³-hybridized carbons (Fsp3) is 0.500. The molecule has 2 aliphatic rings. The Kier molecular flexibility index (Phi) is 6.45. The highest BCUT2D eigenvalue weighted by Crippen LogP contribution is 2.41. The van der Waals surface area contributed by atoms with Crippen molar-refractivity contribution in [3.8, 4) is 11.3 Å². The molecule has 8 nitrogen and oxygen atoms in total. The Hall–Kier alpha value is -3.45. The van der Waals surface area contributed by atoms with E-state index >= 15 is 0 Å². The molecule has 1 aromatic carbocycles. The van der Waals surface area contributed by atoms with Crippen LogP contribution >= 0.6 is 0 Å². The minimum atomic E-state index is -4.72. The molecule has 41 heavy (non-hydrogen) atoms. The molecule has 3 aromatic heterocycles. The van der Waals surface area contributed by atoms with Gasteiger partial charge in [0.05, 0.1) is 30.0 Å². The van der Waals surface area contributed by atoms with Crippen molar-refractivity contribution in [3.05, 3.63) is 59.4 Å². The maximum atomic E-state index is 14.1. The number of ether oxygens (including phenoxy) is 1. The van der Waals surface area contributed by atoms with Gasteiger partial charge in [-0.2, -0.15) is 18.3 Å². The van der Waals surface area contributed by atoms with E-state index < -0.39 is 29.4 Å². The molecule has 1 aliphatic carbocycles. The molecule has 0 bridgehead atoms. The molecule has 1 atom stereocenters. The van der Waals surface area contributed by atoms with Crippen molar-refractivity contribution >= 4 is 10.9 Å². The van der Waals surface area contributed by atoms with E-state index in [1.54, 1.807) is 26.2 Å². The lowest BCUT2D eigenvalue weighted by atomic mass is 9.75. The summed E-state index contributed by atoms with van der Waals surface area (Å²) in [5.74, 6) is -2.00. The van der Waals surface area contributed by atoms with E-state index in [2.05, 4.69) is 30.7 Å². The summed E-state index contributed by atoms with van der Waals surface area (Å²) in [5.41, 5.74) is -0.272. The number of H-pyrrole nitrogens is 1. The lowest BCUT2D eigenvalue weighted by Gasteiger charge is -2.41. The smallest absolute Gasteiger partial charge is 0.379 e. The summed E-state index contributed by atoms with van der Waals surface area (Å²) in [4.78, 5) is 3.98. The van der Waals surface area contributed by atoms with Crippen LogP contribution in [0.1, 0.15) is 55.9 Å². The van der Waals surface area contributed by atoms with Crippen molar-refractivity contribution < 1.29 is 26.7 Å². The zero-order valence-corrected chi connectivity index (χ0v) is 22.8. The predicted octanol–water partition coefficient (Wildman–Crippen LogP) is 5.30. The van der Waals surface area contributed by atoms with E-state index in [1.807, 2.05) is 29.8 Å². The monoisotopic (exact) mass is 575 g/mol. The lowest BCUT2D eigenvalue weighted by molar-refractivity contribution is -0.141. The van der Waals surface area contributed by atoms with Gasteiger partial charge in [-0.25, -0.2) is 13.8 Å². The van der Waals surface area contributed by atoms with E-state index in [0.717, 1.165) is 17.5 Å². The SMILES string of the molecule is Cn1cnnc1CC1(c2cccc(-c3n[nH]c4c(C(C)(C)N[C@@H]5CCC(F)(F)C5)nc(C(F)(F)F)cc34)c2)COC1. The average Bonchev–Trinajstić information content (AvgIpc) is 3.57. The summed E-state index contributed by atoms with van der Waals surface area (Å²) in [6.07, 6.45) is -2.92. The van der Waals surface area contributed by atoms with Crippen molar-refractivity contribution in [2.24, 2.45) is 7.05 Å². The quantitative estimate of drug-likeness (QED) is 0.291. The second-order valence-corrected chi connectivity index (χ2v) is 11.8. The number of pyridine rings is 1. The molecule has 218 valence electrons. The number of aromatic amines is 1. The van der Waals surface area contributed by atoms with Gasteiger partial charge in [-0.3, -0.25) is 5.10 Å². The maximum absolute atomic E-state index is 14.1. The molecule has 1 saturated carbocycles. The number of fused-ring (bicyclic) bond motifs is 1. The highest BCUT2D eigenvalue weighted by atomic mass is 19.4. The van der Waals surface area contributed by atoms with Crippen LogP contribution in [-0.4, -0.2) is 55.1 Å². The van der Waals surface area contributed by atoms with Crippen LogP contribution in [0.2, 0.25) is 0 Å². The molecule has 13 heteroatoms. The maximum Gasteiger partial charge on any atom is 0.433 e. The second-order valence-electron chi connectivity index (χ2n) is 11.8. The summed E-state index contributed by atoms with van der Waals surface area (Å²) in [6, 6.07) is 7.97. The number of halogens is 5. The van der Waals surface area contributed by atoms with Crippen LogP contribution in [0.3, 0.4) is 0 Å². The van der Waals surface area contributed by atoms with Gasteiger partial charge in [0.1, 0.15) is 23.5 Å². The molecule has 1 aliphatic heterocycles. The van der Waals surface area contributed by atoms with Gasteiger partial charge in [-0.15, -0.1) is 10.2 Å². The Balaban J connectivity index is 1.41. The Bertz CT molecular complexity index is 1590. The molecule has 0 amide bonds. The highest BCUT2D eigenvalue weighted by molar-refractivity contribution is 5.95. The summed E-state index contributed by atoms with van der Waals surface area (Å²) in [5, 5.41) is 18.9. The Morgan fingerprint density at radius 1 is 1.17 bits per heavy atom. The minimum absolute atomic E-state index is 0.0681. The third-order valence-corrected chi connectivity index (χ3v) is 8.21. The van der Waals surface area contributed by atoms with E-state index in [4.69, 9.17) is 4.74 Å². The van der Waals surface area contributed by atoms with Crippen LogP contribution in [0.25, 0.3) is 22.2 Å². The van der Waals surface area contributed by atoms with E-state index in [9.17, 15) is 22.0 Å². The molecule has 2 N–H and O–H groups in total. The first-order chi connectivity index (χ1) is 19.3. The van der Waals surface area contributed by atoms with Crippen LogP contribution in [0, 0.1) is 0 Å². The van der Waals surface area contributed by atoms with Crippen LogP contribution in [-0.2, 0) is 35.3 Å². The fourth-order valence-electron chi connectivity index (χ4n) is 5.97. The predicted molar refractivity (Wildman–Crippen MR) is 140 cm³/mol. The molecule has 1 saturated heterocycles. The summed E-state index contributed by atoms with van der Waals surface area (Å²) in [6.45, 7) is 4.24. The Morgan fingerprint density at radius 2 is 1.95 bits per heavy atom. The fourth-order valence-corrected chi connectivity index (χ4v) is 5.97. The number of hydrogen-bond acceptors (Lipinski definition) is 6. The molecule has 0 unspecified atom stereocenters. The number of rotatable bonds is 7. The zero-order chi connectivity index (χ0) is 29.2. The number of hydrogen-bond donors (Lipinski definition) is 2. The third kappa shape index (κ3) is 5.09. The lowest BCUT2D eigenvalue weighted by Crippen LogP contribution is -2.49. The number of benzene rings is 1. The molecular weight excluding hydrogens is 545 g/mol. The first kappa shape index (κ1) is 27.7. The summed E-state index contributed by atoms with van der Waals surface area (Å²) >= 11 is 0. The van der Waals surface area contributed by atoms with Gasteiger partial charge in [0.2, 0.25) is 5.92 Å². The Morgan fingerprint density at radius 3 is 2.56 bits per heavy atom. The number of nitrogens with one attached hydrogen (secondary N) is 2. The molecule has 6 rings (SSSR count). The molecule has 4 aromatic rings. The molecular formula is C28H30F5N7O. The van der Waals surface area contributed by atoms with E-state index in [-0.39, 0.29) is 35.8 Å². The van der Waals surface area contributed by atoms with Gasteiger partial charge in [-0.1, -0.05) is 18.2 Å². The van der Waals surface area contributed by atoms with Gasteiger partial charge in [0.25, 0.3) is 0 Å². The molecule has 4 heterocycles.